The fourth-order valence-electron chi connectivity index (χ4n) is 6.76. The fraction of sp³-hybridized carbons (Fsp3) is 0.415. The van der Waals surface area contributed by atoms with Gasteiger partial charge in [-0.05, 0) is 57.6 Å². The summed E-state index contributed by atoms with van der Waals surface area (Å²) < 4.78 is 45.2. The molecule has 3 aliphatic rings. The molecule has 0 spiro atoms. The van der Waals surface area contributed by atoms with Crippen LogP contribution in [-0.2, 0) is 33.8 Å². The van der Waals surface area contributed by atoms with Crippen LogP contribution in [0.15, 0.2) is 97.1 Å². The Morgan fingerprint density at radius 1 is 0.449 bits per heavy atom. The highest BCUT2D eigenvalue weighted by Gasteiger charge is 2.45. The number of ether oxygens (including phenoxy) is 8. The van der Waals surface area contributed by atoms with Crippen LogP contribution >= 0.6 is 0 Å². The second kappa shape index (κ2) is 16.8. The molecule has 2 heterocycles. The molecule has 0 N–H and O–H groups in total. The predicted octanol–water partition coefficient (Wildman–Crippen LogP) is 6.17. The molecular formula is C41H46O8. The van der Waals surface area contributed by atoms with Crippen molar-refractivity contribution in [2.24, 2.45) is 11.8 Å². The summed E-state index contributed by atoms with van der Waals surface area (Å²) in [6.45, 7) is 8.96. The van der Waals surface area contributed by atoms with Crippen LogP contribution in [0, 0.1) is 11.8 Å². The van der Waals surface area contributed by atoms with E-state index < -0.39 is 5.41 Å². The van der Waals surface area contributed by atoms with Gasteiger partial charge < -0.3 is 37.9 Å². The third-order valence-electron chi connectivity index (χ3n) is 9.39. The van der Waals surface area contributed by atoms with E-state index in [1.54, 1.807) is 0 Å². The lowest BCUT2D eigenvalue weighted by molar-refractivity contribution is -0.0779. The molecule has 4 aromatic rings. The van der Waals surface area contributed by atoms with Gasteiger partial charge >= 0.3 is 0 Å². The SMILES string of the molecule is c1ccc2c(c1)-c1ccccc1C2(c1ccc(OCCOCCOCC2COC2)cc1)c1ccc(OCCOCCOCC2COC2)cc1. The average molecular weight is 667 g/mol. The summed E-state index contributed by atoms with van der Waals surface area (Å²) in [6.07, 6.45) is 0. The van der Waals surface area contributed by atoms with E-state index in [0.717, 1.165) is 51.1 Å². The minimum Gasteiger partial charge on any atom is -0.491 e. The molecule has 8 heteroatoms. The van der Waals surface area contributed by atoms with E-state index in [0.29, 0.717) is 64.7 Å². The number of fused-ring (bicyclic) bond motifs is 3. The van der Waals surface area contributed by atoms with E-state index in [-0.39, 0.29) is 0 Å². The molecule has 2 fully saturated rings. The highest BCUT2D eigenvalue weighted by Crippen LogP contribution is 2.56. The average Bonchev–Trinajstić information content (AvgIpc) is 3.40. The summed E-state index contributed by atoms with van der Waals surface area (Å²) in [5, 5.41) is 0. The highest BCUT2D eigenvalue weighted by molar-refractivity contribution is 5.86. The van der Waals surface area contributed by atoms with Crippen molar-refractivity contribution in [2.75, 3.05) is 92.5 Å². The van der Waals surface area contributed by atoms with E-state index in [2.05, 4.69) is 97.1 Å². The molecule has 0 saturated carbocycles. The molecule has 0 atom stereocenters. The molecule has 258 valence electrons. The first-order valence-electron chi connectivity index (χ1n) is 17.4. The summed E-state index contributed by atoms with van der Waals surface area (Å²) in [7, 11) is 0. The molecule has 0 radical (unpaired) electrons. The minimum atomic E-state index is -0.492. The zero-order chi connectivity index (χ0) is 33.1. The second-order valence-electron chi connectivity index (χ2n) is 12.8. The molecule has 0 bridgehead atoms. The maximum atomic E-state index is 6.06. The lowest BCUT2D eigenvalue weighted by atomic mass is 9.68. The van der Waals surface area contributed by atoms with Crippen LogP contribution in [0.3, 0.4) is 0 Å². The van der Waals surface area contributed by atoms with Crippen molar-refractivity contribution >= 4 is 0 Å². The molecule has 4 aromatic carbocycles. The maximum Gasteiger partial charge on any atom is 0.119 e. The molecule has 49 heavy (non-hydrogen) atoms. The molecule has 8 nitrogen and oxygen atoms in total. The standard InChI is InChI=1S/C41H46O8/c1-3-7-39-37(5-1)38-6-2-4-8-40(38)41(39,33-9-13-35(14-10-33)48-23-21-42-17-19-44-25-31-27-46-28-31)34-11-15-36(16-12-34)49-24-22-43-18-20-45-26-32-29-47-30-32/h1-16,31-32H,17-30H2. The Kier molecular flexibility index (Phi) is 11.5. The van der Waals surface area contributed by atoms with Gasteiger partial charge in [0.25, 0.3) is 0 Å². The normalized spacial score (nSPS) is 16.4. The Balaban J connectivity index is 0.993. The lowest BCUT2D eigenvalue weighted by Gasteiger charge is -2.34. The zero-order valence-electron chi connectivity index (χ0n) is 28.1. The summed E-state index contributed by atoms with van der Waals surface area (Å²) in [5.41, 5.74) is 6.89. The van der Waals surface area contributed by atoms with E-state index >= 15 is 0 Å². The summed E-state index contributed by atoms with van der Waals surface area (Å²) in [5.74, 6) is 2.70. The first-order valence-corrected chi connectivity index (χ1v) is 17.4. The molecule has 0 amide bonds. The quantitative estimate of drug-likeness (QED) is 0.0915. The van der Waals surface area contributed by atoms with Crippen LogP contribution in [0.2, 0.25) is 0 Å². The number of hydrogen-bond donors (Lipinski definition) is 0. The van der Waals surface area contributed by atoms with Crippen molar-refractivity contribution in [3.8, 4) is 22.6 Å². The highest BCUT2D eigenvalue weighted by atomic mass is 16.6. The van der Waals surface area contributed by atoms with Gasteiger partial charge in [0.15, 0.2) is 0 Å². The van der Waals surface area contributed by atoms with Crippen LogP contribution in [0.1, 0.15) is 22.3 Å². The van der Waals surface area contributed by atoms with Gasteiger partial charge in [-0.3, -0.25) is 0 Å². The van der Waals surface area contributed by atoms with Crippen molar-refractivity contribution in [1.29, 1.82) is 0 Å². The van der Waals surface area contributed by atoms with E-state index in [9.17, 15) is 0 Å². The van der Waals surface area contributed by atoms with Crippen LogP contribution in [0.5, 0.6) is 11.5 Å². The lowest BCUT2D eigenvalue weighted by Crippen LogP contribution is -2.32. The molecule has 7 rings (SSSR count). The number of rotatable bonds is 20. The minimum absolute atomic E-state index is 0.475. The van der Waals surface area contributed by atoms with E-state index in [1.807, 2.05) is 0 Å². The summed E-state index contributed by atoms with van der Waals surface area (Å²) in [6, 6.07) is 34.5. The van der Waals surface area contributed by atoms with Gasteiger partial charge in [0.1, 0.15) is 24.7 Å². The van der Waals surface area contributed by atoms with Gasteiger partial charge in [0.05, 0.1) is 84.7 Å². The van der Waals surface area contributed by atoms with Crippen molar-refractivity contribution in [3.63, 3.8) is 0 Å². The smallest absolute Gasteiger partial charge is 0.119 e. The Bertz CT molecular complexity index is 1480. The van der Waals surface area contributed by atoms with Crippen LogP contribution < -0.4 is 9.47 Å². The molecule has 1 aliphatic carbocycles. The second-order valence-corrected chi connectivity index (χ2v) is 12.8. The van der Waals surface area contributed by atoms with Crippen molar-refractivity contribution in [2.45, 2.75) is 5.41 Å². The summed E-state index contributed by atoms with van der Waals surface area (Å²) >= 11 is 0. The predicted molar refractivity (Wildman–Crippen MR) is 187 cm³/mol. The third kappa shape index (κ3) is 7.86. The Morgan fingerprint density at radius 2 is 0.837 bits per heavy atom. The van der Waals surface area contributed by atoms with E-state index in [4.69, 9.17) is 37.9 Å². The monoisotopic (exact) mass is 666 g/mol. The molecular weight excluding hydrogens is 620 g/mol. The largest absolute Gasteiger partial charge is 0.491 e. The molecule has 0 unspecified atom stereocenters. The maximum absolute atomic E-state index is 6.06. The Morgan fingerprint density at radius 3 is 1.24 bits per heavy atom. The third-order valence-corrected chi connectivity index (χ3v) is 9.39. The number of benzene rings is 4. The van der Waals surface area contributed by atoms with Crippen molar-refractivity contribution in [1.82, 2.24) is 0 Å². The Hall–Kier alpha value is -3.76. The first-order chi connectivity index (χ1) is 24.3. The van der Waals surface area contributed by atoms with Gasteiger partial charge in [0.2, 0.25) is 0 Å². The van der Waals surface area contributed by atoms with Gasteiger partial charge in [-0.2, -0.15) is 0 Å². The fourth-order valence-corrected chi connectivity index (χ4v) is 6.76. The van der Waals surface area contributed by atoms with Crippen molar-refractivity contribution < 1.29 is 37.9 Å². The van der Waals surface area contributed by atoms with Crippen LogP contribution in [0.4, 0.5) is 0 Å². The van der Waals surface area contributed by atoms with Crippen LogP contribution in [0.25, 0.3) is 11.1 Å². The van der Waals surface area contributed by atoms with Crippen LogP contribution in [-0.4, -0.2) is 92.5 Å². The van der Waals surface area contributed by atoms with Gasteiger partial charge in [-0.1, -0.05) is 72.8 Å². The Labute approximate surface area is 289 Å². The number of hydrogen-bond acceptors (Lipinski definition) is 8. The molecule has 2 aliphatic heterocycles. The molecule has 2 saturated heterocycles. The van der Waals surface area contributed by atoms with Gasteiger partial charge in [-0.25, -0.2) is 0 Å². The van der Waals surface area contributed by atoms with Gasteiger partial charge in [0, 0.05) is 11.8 Å². The topological polar surface area (TPSA) is 73.8 Å². The summed E-state index contributed by atoms with van der Waals surface area (Å²) in [4.78, 5) is 0. The van der Waals surface area contributed by atoms with Gasteiger partial charge in [-0.15, -0.1) is 0 Å². The first kappa shape index (κ1) is 33.7. The zero-order valence-corrected chi connectivity index (χ0v) is 28.1. The molecule has 0 aromatic heterocycles. The van der Waals surface area contributed by atoms with Crippen molar-refractivity contribution in [3.05, 3.63) is 119 Å². The van der Waals surface area contributed by atoms with E-state index in [1.165, 1.54) is 33.4 Å².